The molecule has 0 bridgehead atoms. The fraction of sp³-hybridized carbons (Fsp3) is 0.467. The lowest BCUT2D eigenvalue weighted by Gasteiger charge is -2.23. The van der Waals surface area contributed by atoms with Gasteiger partial charge in [0, 0.05) is 23.9 Å². The standard InChI is InChI=1S/C15H22N6O4S/c1-4-21(10-5-11-25-26(22,23)24)14-8-6-13(7-9-14)17-18-15-19(2)12-16-20(15)3/h6-9,12H,4-5,10-11H2,1-3H3. The van der Waals surface area contributed by atoms with Crippen molar-refractivity contribution in [2.45, 2.75) is 13.3 Å². The van der Waals surface area contributed by atoms with Gasteiger partial charge in [-0.1, -0.05) is 5.11 Å². The van der Waals surface area contributed by atoms with Crippen molar-refractivity contribution in [3.8, 4) is 0 Å². The lowest BCUT2D eigenvalue weighted by atomic mass is 10.2. The second-order valence-electron chi connectivity index (χ2n) is 5.55. The summed E-state index contributed by atoms with van der Waals surface area (Å²) < 4.78 is 38.9. The lowest BCUT2D eigenvalue weighted by Crippen LogP contribution is -2.25. The second-order valence-corrected chi connectivity index (χ2v) is 6.60. The number of rotatable bonds is 9. The molecule has 2 rings (SSSR count). The van der Waals surface area contributed by atoms with Gasteiger partial charge in [0.1, 0.15) is 0 Å². The molecule has 1 aromatic heterocycles. The minimum Gasteiger partial charge on any atom is -0.726 e. The smallest absolute Gasteiger partial charge is 0.403 e. The van der Waals surface area contributed by atoms with Gasteiger partial charge >= 0.3 is 5.95 Å². The normalized spacial score (nSPS) is 12.0. The van der Waals surface area contributed by atoms with Gasteiger partial charge in [0.05, 0.1) is 26.4 Å². The molecule has 10 nitrogen and oxygen atoms in total. The first kappa shape index (κ1) is 19.9. The monoisotopic (exact) mass is 382 g/mol. The lowest BCUT2D eigenvalue weighted by molar-refractivity contribution is -0.659. The molecule has 1 aromatic carbocycles. The highest BCUT2D eigenvalue weighted by Crippen LogP contribution is 2.21. The fourth-order valence-electron chi connectivity index (χ4n) is 2.34. The Kier molecular flexibility index (Phi) is 6.77. The number of azo groups is 1. The summed E-state index contributed by atoms with van der Waals surface area (Å²) in [5.74, 6) is 0.623. The van der Waals surface area contributed by atoms with Gasteiger partial charge in [-0.15, -0.1) is 4.68 Å². The van der Waals surface area contributed by atoms with Gasteiger partial charge in [-0.25, -0.2) is 13.0 Å². The summed E-state index contributed by atoms with van der Waals surface area (Å²) in [6.07, 6.45) is 2.08. The number of hydrogen-bond acceptors (Lipinski definition) is 8. The van der Waals surface area contributed by atoms with Crippen LogP contribution >= 0.6 is 0 Å². The van der Waals surface area contributed by atoms with Crippen LogP contribution in [0.15, 0.2) is 40.8 Å². The quantitative estimate of drug-likeness (QED) is 0.212. The Balaban J connectivity index is 1.96. The molecule has 0 unspecified atom stereocenters. The fourth-order valence-corrected chi connectivity index (χ4v) is 2.66. The Bertz CT molecular complexity index is 828. The summed E-state index contributed by atoms with van der Waals surface area (Å²) in [5, 5.41) is 12.5. The third-order valence-corrected chi connectivity index (χ3v) is 4.11. The van der Waals surface area contributed by atoms with Crippen molar-refractivity contribution in [1.29, 1.82) is 0 Å². The van der Waals surface area contributed by atoms with Crippen LogP contribution in [0.4, 0.5) is 17.3 Å². The molecule has 11 heteroatoms. The van der Waals surface area contributed by atoms with Crippen molar-refractivity contribution < 1.29 is 21.7 Å². The molecule has 0 aliphatic rings. The Morgan fingerprint density at radius 1 is 1.31 bits per heavy atom. The molecular weight excluding hydrogens is 360 g/mol. The molecule has 26 heavy (non-hydrogen) atoms. The molecule has 0 saturated heterocycles. The first-order chi connectivity index (χ1) is 12.3. The Morgan fingerprint density at radius 3 is 2.54 bits per heavy atom. The maximum Gasteiger partial charge on any atom is 0.403 e. The molecule has 2 aromatic rings. The van der Waals surface area contributed by atoms with Crippen LogP contribution in [0.5, 0.6) is 0 Å². The van der Waals surface area contributed by atoms with E-state index in [0.29, 0.717) is 24.6 Å². The summed E-state index contributed by atoms with van der Waals surface area (Å²) in [4.78, 5) is 2.04. The number of benzene rings is 1. The van der Waals surface area contributed by atoms with Crippen LogP contribution in [0.25, 0.3) is 0 Å². The van der Waals surface area contributed by atoms with Crippen molar-refractivity contribution in [2.24, 2.45) is 24.3 Å². The average Bonchev–Trinajstić information content (AvgIpc) is 2.91. The van der Waals surface area contributed by atoms with Crippen LogP contribution < -0.4 is 9.47 Å². The molecule has 0 aliphatic heterocycles. The van der Waals surface area contributed by atoms with Crippen molar-refractivity contribution in [1.82, 2.24) is 9.78 Å². The molecule has 0 N–H and O–H groups in total. The van der Waals surface area contributed by atoms with Crippen LogP contribution in [-0.4, -0.2) is 42.4 Å². The third-order valence-electron chi connectivity index (χ3n) is 3.65. The molecule has 0 radical (unpaired) electrons. The van der Waals surface area contributed by atoms with Crippen molar-refractivity contribution in [3.05, 3.63) is 30.6 Å². The maximum atomic E-state index is 10.4. The summed E-state index contributed by atoms with van der Waals surface area (Å²) in [6, 6.07) is 7.51. The van der Waals surface area contributed by atoms with Gasteiger partial charge < -0.3 is 9.45 Å². The summed E-state index contributed by atoms with van der Waals surface area (Å²) in [7, 11) is -1.00. The average molecular weight is 382 g/mol. The summed E-state index contributed by atoms with van der Waals surface area (Å²) in [6.45, 7) is 3.16. The van der Waals surface area contributed by atoms with Crippen LogP contribution in [0, 0.1) is 0 Å². The van der Waals surface area contributed by atoms with Gasteiger partial charge in [-0.05, 0) is 42.7 Å². The SMILES string of the molecule is CCN(CCCOS(=O)(=O)[O-])c1ccc(N=Nc2n(C)nc[n+]2C)cc1. The van der Waals surface area contributed by atoms with E-state index in [-0.39, 0.29) is 6.61 Å². The molecular formula is C15H22N6O4S. The zero-order valence-corrected chi connectivity index (χ0v) is 15.8. The van der Waals surface area contributed by atoms with E-state index in [4.69, 9.17) is 0 Å². The van der Waals surface area contributed by atoms with Crippen LogP contribution in [-0.2, 0) is 28.7 Å². The Labute approximate surface area is 152 Å². The number of aryl methyl sites for hydroxylation is 2. The third kappa shape index (κ3) is 5.86. The highest BCUT2D eigenvalue weighted by atomic mass is 32.3. The van der Waals surface area contributed by atoms with Gasteiger partial charge in [0.25, 0.3) is 0 Å². The largest absolute Gasteiger partial charge is 0.726 e. The van der Waals surface area contributed by atoms with Gasteiger partial charge in [-0.3, -0.25) is 4.18 Å². The van der Waals surface area contributed by atoms with E-state index in [2.05, 4.69) is 19.5 Å². The molecule has 0 amide bonds. The molecule has 142 valence electrons. The molecule has 0 atom stereocenters. The topological polar surface area (TPSA) is 116 Å². The number of hydrogen-bond donors (Lipinski definition) is 0. The molecule has 0 aliphatic carbocycles. The predicted octanol–water partition coefficient (Wildman–Crippen LogP) is 1.35. The molecule has 0 spiro atoms. The van der Waals surface area contributed by atoms with Gasteiger partial charge in [0.15, 0.2) is 0 Å². The number of aromatic nitrogens is 3. The van der Waals surface area contributed by atoms with Crippen LogP contribution in [0.1, 0.15) is 13.3 Å². The van der Waals surface area contributed by atoms with E-state index in [9.17, 15) is 13.0 Å². The minimum absolute atomic E-state index is 0.129. The van der Waals surface area contributed by atoms with Crippen LogP contribution in [0.2, 0.25) is 0 Å². The van der Waals surface area contributed by atoms with E-state index in [1.807, 2.05) is 43.1 Å². The maximum absolute atomic E-state index is 10.4. The molecule has 0 fully saturated rings. The van der Waals surface area contributed by atoms with E-state index >= 15 is 0 Å². The van der Waals surface area contributed by atoms with E-state index in [1.54, 1.807) is 22.6 Å². The van der Waals surface area contributed by atoms with Gasteiger partial charge in [-0.2, -0.15) is 0 Å². The van der Waals surface area contributed by atoms with Crippen molar-refractivity contribution in [2.75, 3.05) is 24.6 Å². The highest BCUT2D eigenvalue weighted by Gasteiger charge is 2.11. The summed E-state index contributed by atoms with van der Waals surface area (Å²) >= 11 is 0. The first-order valence-corrected chi connectivity index (χ1v) is 9.38. The molecule has 0 saturated carbocycles. The second kappa shape index (κ2) is 8.83. The van der Waals surface area contributed by atoms with Crippen LogP contribution in [0.3, 0.4) is 0 Å². The number of anilines is 1. The molecule has 1 heterocycles. The predicted molar refractivity (Wildman–Crippen MR) is 93.2 cm³/mol. The Hall–Kier alpha value is -2.37. The zero-order chi connectivity index (χ0) is 19.2. The van der Waals surface area contributed by atoms with Crippen molar-refractivity contribution >= 4 is 27.7 Å². The highest BCUT2D eigenvalue weighted by molar-refractivity contribution is 7.80. The number of nitrogens with zero attached hydrogens (tertiary/aromatic N) is 6. The van der Waals surface area contributed by atoms with E-state index in [0.717, 1.165) is 12.2 Å². The van der Waals surface area contributed by atoms with E-state index < -0.39 is 10.4 Å². The minimum atomic E-state index is -4.63. The van der Waals surface area contributed by atoms with E-state index in [1.165, 1.54) is 0 Å². The Morgan fingerprint density at radius 2 is 2.00 bits per heavy atom. The van der Waals surface area contributed by atoms with Crippen molar-refractivity contribution in [3.63, 3.8) is 0 Å². The van der Waals surface area contributed by atoms with Gasteiger partial charge in [0.2, 0.25) is 16.7 Å². The zero-order valence-electron chi connectivity index (χ0n) is 14.9. The summed E-state index contributed by atoms with van der Waals surface area (Å²) in [5.41, 5.74) is 1.66. The first-order valence-electron chi connectivity index (χ1n) is 8.05.